The molecule has 14 heteroatoms. The van der Waals surface area contributed by atoms with Crippen molar-refractivity contribution in [2.45, 2.75) is 62.3 Å². The molecule has 0 amide bonds. The van der Waals surface area contributed by atoms with Crippen LogP contribution in [0.1, 0.15) is 38.5 Å². The Balaban J connectivity index is 5.38. The average Bonchev–Trinajstić information content (AvgIpc) is 2.87. The highest BCUT2D eigenvalue weighted by Gasteiger charge is 2.42. The van der Waals surface area contributed by atoms with Crippen LogP contribution in [0.4, 0.5) is 0 Å². The molecule has 0 bridgehead atoms. The van der Waals surface area contributed by atoms with Crippen LogP contribution in [0.15, 0.2) is 0 Å². The third kappa shape index (κ3) is 10.2. The molecule has 10 nitrogen and oxygen atoms in total. The van der Waals surface area contributed by atoms with Gasteiger partial charge < -0.3 is 44.3 Å². The molecule has 33 heavy (non-hydrogen) atoms. The SMILES string of the molecule is CO[Si](CCCC(CCC[Si](OC)(OC)OC)(CCC[Si](OC)(OC)OC)O[SiH3])(OC)OC. The molecule has 0 spiro atoms. The fourth-order valence-electron chi connectivity index (χ4n) is 4.23. The van der Waals surface area contributed by atoms with Crippen molar-refractivity contribution in [1.82, 2.24) is 0 Å². The molecule has 0 saturated heterocycles. The summed E-state index contributed by atoms with van der Waals surface area (Å²) in [6, 6.07) is 2.18. The Hall–Kier alpha value is 0.468. The van der Waals surface area contributed by atoms with Crippen molar-refractivity contribution in [2.24, 2.45) is 0 Å². The third-order valence-electron chi connectivity index (χ3n) is 6.58. The van der Waals surface area contributed by atoms with E-state index in [9.17, 15) is 0 Å². The lowest BCUT2D eigenvalue weighted by Crippen LogP contribution is -2.45. The van der Waals surface area contributed by atoms with Crippen LogP contribution in [0.2, 0.25) is 18.1 Å². The van der Waals surface area contributed by atoms with Crippen LogP contribution in [0.25, 0.3) is 0 Å². The van der Waals surface area contributed by atoms with Gasteiger partial charge in [0.1, 0.15) is 10.5 Å². The molecule has 0 aromatic heterocycles. The topological polar surface area (TPSA) is 92.3 Å². The first-order valence-corrected chi connectivity index (χ1v) is 17.9. The van der Waals surface area contributed by atoms with E-state index in [-0.39, 0.29) is 5.60 Å². The molecule has 0 N–H and O–H groups in total. The van der Waals surface area contributed by atoms with Gasteiger partial charge in [0, 0.05) is 82.1 Å². The summed E-state index contributed by atoms with van der Waals surface area (Å²) in [5.41, 5.74) is -0.285. The Morgan fingerprint density at radius 2 is 0.667 bits per heavy atom. The van der Waals surface area contributed by atoms with Crippen molar-refractivity contribution in [3.05, 3.63) is 0 Å². The minimum atomic E-state index is -2.64. The van der Waals surface area contributed by atoms with E-state index in [1.54, 1.807) is 64.0 Å². The van der Waals surface area contributed by atoms with Crippen molar-refractivity contribution >= 4 is 36.9 Å². The molecule has 0 radical (unpaired) electrons. The summed E-state index contributed by atoms with van der Waals surface area (Å²) >= 11 is 0. The highest BCUT2D eigenvalue weighted by atomic mass is 28.4. The maximum atomic E-state index is 6.30. The van der Waals surface area contributed by atoms with E-state index in [0.29, 0.717) is 10.5 Å². The summed E-state index contributed by atoms with van der Waals surface area (Å²) in [7, 11) is 7.50. The van der Waals surface area contributed by atoms with Crippen LogP contribution < -0.4 is 0 Å². The summed E-state index contributed by atoms with van der Waals surface area (Å²) in [6.07, 6.45) is 5.20. The number of hydrogen-bond acceptors (Lipinski definition) is 10. The zero-order chi connectivity index (χ0) is 25.4. The van der Waals surface area contributed by atoms with Gasteiger partial charge in [-0.1, -0.05) is 0 Å². The maximum absolute atomic E-state index is 6.30. The smallest absolute Gasteiger partial charge is 0.422 e. The van der Waals surface area contributed by atoms with Crippen LogP contribution in [0.5, 0.6) is 0 Å². The third-order valence-corrected chi connectivity index (χ3v) is 15.9. The van der Waals surface area contributed by atoms with Crippen molar-refractivity contribution in [3.63, 3.8) is 0 Å². The van der Waals surface area contributed by atoms with E-state index >= 15 is 0 Å². The molecule has 0 atom stereocenters. The molecular formula is C19H48O10Si4. The molecule has 0 aromatic rings. The first-order chi connectivity index (χ1) is 15.7. The predicted molar refractivity (Wildman–Crippen MR) is 136 cm³/mol. The van der Waals surface area contributed by atoms with E-state index in [2.05, 4.69) is 0 Å². The van der Waals surface area contributed by atoms with Gasteiger partial charge in [0.25, 0.3) is 0 Å². The van der Waals surface area contributed by atoms with Crippen molar-refractivity contribution in [2.75, 3.05) is 64.0 Å². The van der Waals surface area contributed by atoms with Crippen molar-refractivity contribution in [1.29, 1.82) is 0 Å². The summed E-state index contributed by atoms with van der Waals surface area (Å²) in [5.74, 6) is 0. The molecule has 0 aliphatic carbocycles. The second-order valence-electron chi connectivity index (χ2n) is 7.83. The quantitative estimate of drug-likeness (QED) is 0.187. The molecule has 0 heterocycles. The van der Waals surface area contributed by atoms with Crippen LogP contribution in [0.3, 0.4) is 0 Å². The zero-order valence-corrected chi connectivity index (χ0v) is 27.4. The molecule has 0 unspecified atom stereocenters. The summed E-state index contributed by atoms with van der Waals surface area (Å²) < 4.78 is 56.7. The van der Waals surface area contributed by atoms with Gasteiger partial charge in [0.05, 0.1) is 5.60 Å². The summed E-state index contributed by atoms with van der Waals surface area (Å²) in [6.45, 7) is 0. The fraction of sp³-hybridized carbons (Fsp3) is 1.00. The molecule has 0 aliphatic heterocycles. The van der Waals surface area contributed by atoms with E-state index in [0.717, 1.165) is 56.7 Å². The Morgan fingerprint density at radius 1 is 0.455 bits per heavy atom. The van der Waals surface area contributed by atoms with Crippen LogP contribution in [-0.2, 0) is 44.3 Å². The van der Waals surface area contributed by atoms with E-state index in [1.165, 1.54) is 0 Å². The van der Waals surface area contributed by atoms with Gasteiger partial charge in [-0.2, -0.15) is 0 Å². The summed E-state index contributed by atoms with van der Waals surface area (Å²) in [4.78, 5) is 0. The highest BCUT2D eigenvalue weighted by molar-refractivity contribution is 6.61. The Kier molecular flexibility index (Phi) is 17.3. The van der Waals surface area contributed by atoms with Crippen LogP contribution >= 0.6 is 0 Å². The van der Waals surface area contributed by atoms with Gasteiger partial charge >= 0.3 is 26.4 Å². The van der Waals surface area contributed by atoms with E-state index in [4.69, 9.17) is 44.3 Å². The second-order valence-corrected chi connectivity index (χ2v) is 17.5. The fourth-order valence-corrected chi connectivity index (χ4v) is 10.0. The van der Waals surface area contributed by atoms with Gasteiger partial charge in [-0.3, -0.25) is 0 Å². The van der Waals surface area contributed by atoms with E-state index in [1.807, 2.05) is 0 Å². The van der Waals surface area contributed by atoms with Gasteiger partial charge in [-0.15, -0.1) is 0 Å². The minimum absolute atomic E-state index is 0.285. The zero-order valence-electron chi connectivity index (χ0n) is 22.4. The first-order valence-electron chi connectivity index (χ1n) is 11.2. The molecule has 0 saturated carbocycles. The van der Waals surface area contributed by atoms with Gasteiger partial charge in [0.15, 0.2) is 0 Å². The molecule has 0 fully saturated rings. The lowest BCUT2D eigenvalue weighted by molar-refractivity contribution is 0.0414. The Bertz CT molecular complexity index is 402. The monoisotopic (exact) mass is 548 g/mol. The van der Waals surface area contributed by atoms with Gasteiger partial charge in [-0.05, 0) is 38.5 Å². The lowest BCUT2D eigenvalue weighted by Gasteiger charge is -2.36. The maximum Gasteiger partial charge on any atom is 0.500 e. The Labute approximate surface area is 207 Å². The number of rotatable bonds is 22. The molecule has 200 valence electrons. The van der Waals surface area contributed by atoms with E-state index < -0.39 is 26.4 Å². The average molecular weight is 549 g/mol. The normalized spacial score (nSPS) is 13.7. The van der Waals surface area contributed by atoms with Crippen molar-refractivity contribution < 1.29 is 44.3 Å². The predicted octanol–water partition coefficient (Wildman–Crippen LogP) is 2.00. The van der Waals surface area contributed by atoms with Crippen LogP contribution in [0, 0.1) is 0 Å². The highest BCUT2D eigenvalue weighted by Crippen LogP contribution is 2.34. The standard InChI is InChI=1S/C19H48O10Si4/c1-20-31(21-2,22-3)16-10-13-19(29-30,14-11-17-32(23-4,24-5)25-6)15-12-18-33(26-7,27-8)28-9/h10-18H2,1-9,30H3. The molecular weight excluding hydrogens is 501 g/mol. The van der Waals surface area contributed by atoms with Gasteiger partial charge in [0.2, 0.25) is 0 Å². The Morgan fingerprint density at radius 3 is 0.818 bits per heavy atom. The molecule has 0 aromatic carbocycles. The summed E-state index contributed by atoms with van der Waals surface area (Å²) in [5, 5.41) is 0. The van der Waals surface area contributed by atoms with Crippen LogP contribution in [-0.4, -0.2) is 106 Å². The molecule has 0 rings (SSSR count). The lowest BCUT2D eigenvalue weighted by atomic mass is 9.88. The molecule has 0 aliphatic rings. The van der Waals surface area contributed by atoms with Crippen molar-refractivity contribution in [3.8, 4) is 0 Å². The largest absolute Gasteiger partial charge is 0.500 e. The minimum Gasteiger partial charge on any atom is -0.422 e. The number of hydrogen-bond donors (Lipinski definition) is 0. The second kappa shape index (κ2) is 17.0. The van der Waals surface area contributed by atoms with Gasteiger partial charge in [-0.25, -0.2) is 0 Å². The first kappa shape index (κ1) is 33.5.